The molecule has 0 N–H and O–H groups in total. The van der Waals surface area contributed by atoms with Gasteiger partial charge in [0, 0.05) is 6.61 Å². The zero-order chi connectivity index (χ0) is 10.1. The molecule has 78 valence electrons. The number of rotatable bonds is 2. The highest BCUT2D eigenvalue weighted by molar-refractivity contribution is 6.74. The molecule has 1 heterocycles. The van der Waals surface area contributed by atoms with E-state index in [1.165, 1.54) is 0 Å². The maximum Gasteiger partial charge on any atom is 0.195 e. The van der Waals surface area contributed by atoms with Crippen molar-refractivity contribution in [3.63, 3.8) is 0 Å². The van der Waals surface area contributed by atoms with E-state index in [1.54, 1.807) is 0 Å². The molecule has 1 fully saturated rings. The van der Waals surface area contributed by atoms with Crippen molar-refractivity contribution in [2.24, 2.45) is 0 Å². The highest BCUT2D eigenvalue weighted by Gasteiger charge is 2.39. The molecule has 1 aliphatic rings. The Balaban J connectivity index is 2.50. The largest absolute Gasteiger partial charge is 0.392 e. The first kappa shape index (κ1) is 11.2. The molecule has 3 heteroatoms. The fourth-order valence-electron chi connectivity index (χ4n) is 1.15. The van der Waals surface area contributed by atoms with E-state index in [4.69, 9.17) is 9.16 Å². The molecule has 0 aliphatic carbocycles. The first-order chi connectivity index (χ1) is 5.83. The summed E-state index contributed by atoms with van der Waals surface area (Å²) in [6.45, 7) is 12.2. The van der Waals surface area contributed by atoms with Crippen LogP contribution in [0.4, 0.5) is 0 Å². The van der Waals surface area contributed by atoms with Crippen LogP contribution in [0.25, 0.3) is 0 Å². The zero-order valence-corrected chi connectivity index (χ0v) is 10.5. The lowest BCUT2D eigenvalue weighted by molar-refractivity contribution is -0.0484. The topological polar surface area (TPSA) is 18.5 Å². The Kier molecular flexibility index (Phi) is 3.20. The van der Waals surface area contributed by atoms with Crippen molar-refractivity contribution in [3.05, 3.63) is 0 Å². The highest BCUT2D eigenvalue weighted by atomic mass is 28.4. The van der Waals surface area contributed by atoms with Crippen molar-refractivity contribution in [1.29, 1.82) is 0 Å². The van der Waals surface area contributed by atoms with Crippen molar-refractivity contribution in [2.45, 2.75) is 58.0 Å². The van der Waals surface area contributed by atoms with E-state index < -0.39 is 8.32 Å². The molecule has 1 unspecified atom stereocenters. The van der Waals surface area contributed by atoms with Crippen molar-refractivity contribution in [3.8, 4) is 0 Å². The van der Waals surface area contributed by atoms with Gasteiger partial charge in [0.15, 0.2) is 8.32 Å². The summed E-state index contributed by atoms with van der Waals surface area (Å²) in [5.74, 6) is 0. The Morgan fingerprint density at radius 2 is 1.92 bits per heavy atom. The second kappa shape index (κ2) is 3.71. The van der Waals surface area contributed by atoms with Crippen LogP contribution in [0, 0.1) is 0 Å². The molecule has 1 saturated heterocycles. The van der Waals surface area contributed by atoms with E-state index in [1.807, 2.05) is 0 Å². The smallest absolute Gasteiger partial charge is 0.195 e. The summed E-state index contributed by atoms with van der Waals surface area (Å²) in [5, 5.41) is 0.291. The molecular formula is C10H22O2Si. The SMILES string of the molecule is CC(C)(C)[Si](C)(C)OC1CCCO1. The Bertz CT molecular complexity index is 166. The van der Waals surface area contributed by atoms with Crippen LogP contribution in [0.5, 0.6) is 0 Å². The van der Waals surface area contributed by atoms with Gasteiger partial charge in [0.25, 0.3) is 0 Å². The molecule has 0 bridgehead atoms. The van der Waals surface area contributed by atoms with Crippen LogP contribution in [-0.2, 0) is 9.16 Å². The van der Waals surface area contributed by atoms with E-state index in [0.29, 0.717) is 5.04 Å². The predicted molar refractivity (Wildman–Crippen MR) is 57.3 cm³/mol. The molecule has 2 nitrogen and oxygen atoms in total. The quantitative estimate of drug-likeness (QED) is 0.640. The van der Waals surface area contributed by atoms with Crippen LogP contribution in [0.1, 0.15) is 33.6 Å². The maximum atomic E-state index is 6.08. The van der Waals surface area contributed by atoms with Gasteiger partial charge in [-0.1, -0.05) is 20.8 Å². The lowest BCUT2D eigenvalue weighted by Gasteiger charge is -2.37. The normalized spacial score (nSPS) is 25.2. The monoisotopic (exact) mass is 202 g/mol. The Hall–Kier alpha value is 0.137. The predicted octanol–water partition coefficient (Wildman–Crippen LogP) is 3.14. The first-order valence-electron chi connectivity index (χ1n) is 5.12. The second-order valence-electron chi connectivity index (χ2n) is 5.32. The second-order valence-corrected chi connectivity index (χ2v) is 10.1. The molecule has 0 aromatic heterocycles. The summed E-state index contributed by atoms with van der Waals surface area (Å²) < 4.78 is 11.6. The first-order valence-corrected chi connectivity index (χ1v) is 8.03. The molecule has 0 saturated carbocycles. The van der Waals surface area contributed by atoms with Crippen LogP contribution < -0.4 is 0 Å². The number of hydrogen-bond acceptors (Lipinski definition) is 2. The fraction of sp³-hybridized carbons (Fsp3) is 1.00. The van der Waals surface area contributed by atoms with Crippen LogP contribution in [-0.4, -0.2) is 21.2 Å². The van der Waals surface area contributed by atoms with E-state index in [2.05, 4.69) is 33.9 Å². The van der Waals surface area contributed by atoms with E-state index in [9.17, 15) is 0 Å². The zero-order valence-electron chi connectivity index (χ0n) is 9.52. The van der Waals surface area contributed by atoms with E-state index in [0.717, 1.165) is 19.4 Å². The lowest BCUT2D eigenvalue weighted by atomic mass is 10.2. The Labute approximate surface area is 82.7 Å². The molecule has 0 aromatic carbocycles. The van der Waals surface area contributed by atoms with Gasteiger partial charge in [0.05, 0.1) is 0 Å². The molecule has 0 amide bonds. The summed E-state index contributed by atoms with van der Waals surface area (Å²) in [6.07, 6.45) is 2.31. The highest BCUT2D eigenvalue weighted by Crippen LogP contribution is 2.38. The van der Waals surface area contributed by atoms with Crippen LogP contribution in [0.2, 0.25) is 18.1 Å². The van der Waals surface area contributed by atoms with Gasteiger partial charge in [0.2, 0.25) is 0 Å². The van der Waals surface area contributed by atoms with Crippen LogP contribution in [0.3, 0.4) is 0 Å². The van der Waals surface area contributed by atoms with Gasteiger partial charge in [-0.15, -0.1) is 0 Å². The van der Waals surface area contributed by atoms with Gasteiger partial charge in [-0.3, -0.25) is 0 Å². The summed E-state index contributed by atoms with van der Waals surface area (Å²) >= 11 is 0. The van der Waals surface area contributed by atoms with Gasteiger partial charge in [-0.2, -0.15) is 0 Å². The average molecular weight is 202 g/mol. The summed E-state index contributed by atoms with van der Waals surface area (Å²) in [7, 11) is -1.59. The minimum Gasteiger partial charge on any atom is -0.392 e. The molecule has 1 aliphatic heterocycles. The average Bonchev–Trinajstić information content (AvgIpc) is 2.35. The van der Waals surface area contributed by atoms with Gasteiger partial charge in [-0.25, -0.2) is 0 Å². The van der Waals surface area contributed by atoms with Crippen molar-refractivity contribution in [2.75, 3.05) is 6.61 Å². The Morgan fingerprint density at radius 1 is 1.31 bits per heavy atom. The van der Waals surface area contributed by atoms with Gasteiger partial charge in [0.1, 0.15) is 6.29 Å². The molecule has 1 atom stereocenters. The van der Waals surface area contributed by atoms with Crippen molar-refractivity contribution < 1.29 is 9.16 Å². The minimum atomic E-state index is -1.59. The molecule has 13 heavy (non-hydrogen) atoms. The molecular weight excluding hydrogens is 180 g/mol. The third kappa shape index (κ3) is 2.79. The van der Waals surface area contributed by atoms with Gasteiger partial charge in [-0.05, 0) is 31.0 Å². The summed E-state index contributed by atoms with van der Waals surface area (Å²) in [4.78, 5) is 0. The van der Waals surface area contributed by atoms with Crippen molar-refractivity contribution >= 4 is 8.32 Å². The number of hydrogen-bond donors (Lipinski definition) is 0. The standard InChI is InChI=1S/C10H22O2Si/c1-10(2,3)13(4,5)12-9-7-6-8-11-9/h9H,6-8H2,1-5H3. The molecule has 0 radical (unpaired) electrons. The van der Waals surface area contributed by atoms with Crippen LogP contribution in [0.15, 0.2) is 0 Å². The van der Waals surface area contributed by atoms with Gasteiger partial charge < -0.3 is 9.16 Å². The third-order valence-corrected chi connectivity index (χ3v) is 7.58. The maximum absolute atomic E-state index is 6.08. The molecule has 1 rings (SSSR count). The minimum absolute atomic E-state index is 0.0842. The fourth-order valence-corrected chi connectivity index (χ4v) is 2.34. The van der Waals surface area contributed by atoms with E-state index >= 15 is 0 Å². The number of ether oxygens (including phenoxy) is 1. The van der Waals surface area contributed by atoms with Gasteiger partial charge >= 0.3 is 0 Å². The van der Waals surface area contributed by atoms with E-state index in [-0.39, 0.29) is 6.29 Å². The third-order valence-electron chi connectivity index (χ3n) is 3.12. The van der Waals surface area contributed by atoms with Crippen molar-refractivity contribution in [1.82, 2.24) is 0 Å². The summed E-state index contributed by atoms with van der Waals surface area (Å²) in [6, 6.07) is 0. The lowest BCUT2D eigenvalue weighted by Crippen LogP contribution is -2.43. The molecule has 0 aromatic rings. The van der Waals surface area contributed by atoms with Crippen LogP contribution >= 0.6 is 0 Å². The molecule has 0 spiro atoms. The summed E-state index contributed by atoms with van der Waals surface area (Å²) in [5.41, 5.74) is 0. The Morgan fingerprint density at radius 3 is 2.31 bits per heavy atom.